The van der Waals surface area contributed by atoms with Gasteiger partial charge in [0.25, 0.3) is 0 Å². The first-order valence-corrected chi connectivity index (χ1v) is 14.1. The highest BCUT2D eigenvalue weighted by Crippen LogP contribution is 2.63. The number of methoxy groups -OCH3 is 1. The maximum absolute atomic E-state index is 5.96. The largest absolute Gasteiger partial charge is 0.497 e. The van der Waals surface area contributed by atoms with Gasteiger partial charge in [0.05, 0.1) is 17.7 Å². The van der Waals surface area contributed by atoms with Gasteiger partial charge in [0.1, 0.15) is 5.75 Å². The van der Waals surface area contributed by atoms with Crippen molar-refractivity contribution in [3.63, 3.8) is 0 Å². The predicted octanol–water partition coefficient (Wildman–Crippen LogP) is 6.62. The minimum atomic E-state index is 0.195. The number of nitrogens with zero attached hydrogens (tertiary/aromatic N) is 1. The number of nitrogens with two attached hydrogens (primary N) is 1. The lowest BCUT2D eigenvalue weighted by molar-refractivity contribution is 0.320. The number of ether oxygens (including phenoxy) is 1. The standard InChI is InChI=1S/C26H30N2OS3/c1-29-20-12-10-18(11-13-20)22-15-24(19-7-3-2-4-8-19)32-26(14-6-5-9-23(22)26)30-17-21-16-28-25(27)31-21/h2-4,7-8,10-13,15,21-23H,5-6,9,14,16-17H2,1H3,(H2,27,28). The third-order valence-electron chi connectivity index (χ3n) is 6.71. The molecular formula is C26H30N2OS3. The van der Waals surface area contributed by atoms with Gasteiger partial charge in [0.2, 0.25) is 0 Å². The molecule has 32 heavy (non-hydrogen) atoms. The molecule has 0 aromatic heterocycles. The first-order chi connectivity index (χ1) is 15.7. The monoisotopic (exact) mass is 482 g/mol. The Kier molecular flexibility index (Phi) is 6.81. The molecule has 2 aromatic carbocycles. The lowest BCUT2D eigenvalue weighted by Gasteiger charge is -2.50. The van der Waals surface area contributed by atoms with Crippen LogP contribution in [0.5, 0.6) is 5.75 Å². The Balaban J connectivity index is 1.50. The summed E-state index contributed by atoms with van der Waals surface area (Å²) in [6.07, 6.45) is 7.72. The van der Waals surface area contributed by atoms with Gasteiger partial charge < -0.3 is 10.5 Å². The SMILES string of the molecule is COc1ccc(C2C=C(c3ccccc3)SC3(SCC4CN=C(N)S4)CCCCC23)cc1. The van der Waals surface area contributed by atoms with Crippen LogP contribution < -0.4 is 10.5 Å². The molecule has 1 fully saturated rings. The highest BCUT2D eigenvalue weighted by molar-refractivity contribution is 8.23. The van der Waals surface area contributed by atoms with Crippen molar-refractivity contribution in [1.29, 1.82) is 0 Å². The number of hydrogen-bond donors (Lipinski definition) is 1. The van der Waals surface area contributed by atoms with Crippen LogP contribution in [0.1, 0.15) is 42.7 Å². The van der Waals surface area contributed by atoms with E-state index in [1.54, 1.807) is 18.9 Å². The zero-order chi connectivity index (χ0) is 22.0. The number of hydrogen-bond acceptors (Lipinski definition) is 6. The summed E-state index contributed by atoms with van der Waals surface area (Å²) in [5.41, 5.74) is 8.70. The fourth-order valence-electron chi connectivity index (χ4n) is 5.10. The van der Waals surface area contributed by atoms with Gasteiger partial charge in [0.15, 0.2) is 5.17 Å². The number of fused-ring (bicyclic) bond motifs is 1. The van der Waals surface area contributed by atoms with E-state index in [1.807, 2.05) is 0 Å². The van der Waals surface area contributed by atoms with Crippen LogP contribution in [0.25, 0.3) is 4.91 Å². The van der Waals surface area contributed by atoms with Crippen LogP contribution in [0.3, 0.4) is 0 Å². The Hall–Kier alpha value is -1.50. The van der Waals surface area contributed by atoms with E-state index in [-0.39, 0.29) is 4.08 Å². The molecule has 2 heterocycles. The lowest BCUT2D eigenvalue weighted by Crippen LogP contribution is -2.41. The summed E-state index contributed by atoms with van der Waals surface area (Å²) in [4.78, 5) is 5.86. The summed E-state index contributed by atoms with van der Waals surface area (Å²) < 4.78 is 5.63. The first-order valence-electron chi connectivity index (χ1n) is 11.4. The lowest BCUT2D eigenvalue weighted by atomic mass is 9.75. The third kappa shape index (κ3) is 4.59. The van der Waals surface area contributed by atoms with Crippen molar-refractivity contribution in [1.82, 2.24) is 0 Å². The van der Waals surface area contributed by atoms with Gasteiger partial charge in [0, 0.05) is 21.8 Å². The van der Waals surface area contributed by atoms with Crippen LogP contribution in [-0.4, -0.2) is 33.9 Å². The van der Waals surface area contributed by atoms with Crippen molar-refractivity contribution in [2.45, 2.75) is 40.9 Å². The van der Waals surface area contributed by atoms with Gasteiger partial charge in [-0.15, -0.1) is 23.5 Å². The summed E-state index contributed by atoms with van der Waals surface area (Å²) in [5.74, 6) is 3.07. The summed E-state index contributed by atoms with van der Waals surface area (Å²) in [6.45, 7) is 0.859. The van der Waals surface area contributed by atoms with Crippen molar-refractivity contribution < 1.29 is 4.74 Å². The molecule has 0 bridgehead atoms. The van der Waals surface area contributed by atoms with E-state index >= 15 is 0 Å². The number of thioether (sulfide) groups is 3. The van der Waals surface area contributed by atoms with Crippen molar-refractivity contribution in [3.05, 3.63) is 71.8 Å². The van der Waals surface area contributed by atoms with Crippen LogP contribution >= 0.6 is 35.3 Å². The number of amidine groups is 1. The molecule has 2 aliphatic heterocycles. The van der Waals surface area contributed by atoms with Crippen molar-refractivity contribution in [3.8, 4) is 5.75 Å². The molecule has 0 spiro atoms. The molecule has 2 N–H and O–H groups in total. The van der Waals surface area contributed by atoms with E-state index in [2.05, 4.69) is 89.2 Å². The summed E-state index contributed by atoms with van der Waals surface area (Å²) in [7, 11) is 1.74. The molecule has 1 saturated carbocycles. The van der Waals surface area contributed by atoms with Crippen LogP contribution in [0.15, 0.2) is 65.7 Å². The molecule has 0 amide bonds. The van der Waals surface area contributed by atoms with Gasteiger partial charge in [-0.05, 0) is 42.0 Å². The average Bonchev–Trinajstić information content (AvgIpc) is 3.28. The Bertz CT molecular complexity index is 992. The van der Waals surface area contributed by atoms with Gasteiger partial charge in [-0.3, -0.25) is 4.99 Å². The smallest absolute Gasteiger partial charge is 0.154 e. The van der Waals surface area contributed by atoms with Crippen LogP contribution in [0, 0.1) is 5.92 Å². The van der Waals surface area contributed by atoms with Gasteiger partial charge in [-0.1, -0.05) is 73.1 Å². The second kappa shape index (κ2) is 9.78. The van der Waals surface area contributed by atoms with Crippen LogP contribution in [0.2, 0.25) is 0 Å². The molecule has 1 aliphatic carbocycles. The maximum atomic E-state index is 5.96. The van der Waals surface area contributed by atoms with Crippen molar-refractivity contribution in [2.24, 2.45) is 16.6 Å². The van der Waals surface area contributed by atoms with E-state index in [0.29, 0.717) is 17.1 Å². The Morgan fingerprint density at radius 1 is 1.12 bits per heavy atom. The third-order valence-corrected chi connectivity index (χ3v) is 11.6. The molecule has 0 radical (unpaired) electrons. The fraction of sp³-hybridized carbons (Fsp3) is 0.423. The van der Waals surface area contributed by atoms with E-state index in [9.17, 15) is 0 Å². The molecule has 4 atom stereocenters. The highest BCUT2D eigenvalue weighted by Gasteiger charge is 2.49. The number of rotatable bonds is 6. The first kappa shape index (κ1) is 22.3. The quantitative estimate of drug-likeness (QED) is 0.501. The van der Waals surface area contributed by atoms with E-state index in [0.717, 1.165) is 23.2 Å². The molecule has 3 nitrogen and oxygen atoms in total. The minimum absolute atomic E-state index is 0.195. The molecule has 6 heteroatoms. The Morgan fingerprint density at radius 2 is 1.94 bits per heavy atom. The predicted molar refractivity (Wildman–Crippen MR) is 143 cm³/mol. The molecule has 3 aliphatic rings. The summed E-state index contributed by atoms with van der Waals surface area (Å²) in [6, 6.07) is 19.7. The molecular weight excluding hydrogens is 453 g/mol. The van der Waals surface area contributed by atoms with E-state index in [1.165, 1.54) is 41.7 Å². The average molecular weight is 483 g/mol. The van der Waals surface area contributed by atoms with Gasteiger partial charge in [-0.25, -0.2) is 0 Å². The number of allylic oxidation sites excluding steroid dienone is 1. The number of benzene rings is 2. The molecule has 4 unspecified atom stereocenters. The number of aliphatic imine (C=N–C) groups is 1. The second-order valence-corrected chi connectivity index (χ2v) is 13.0. The van der Waals surface area contributed by atoms with Gasteiger partial charge in [-0.2, -0.15) is 0 Å². The van der Waals surface area contributed by atoms with E-state index in [4.69, 9.17) is 10.5 Å². The Morgan fingerprint density at radius 3 is 2.66 bits per heavy atom. The molecule has 168 valence electrons. The summed E-state index contributed by atoms with van der Waals surface area (Å²) in [5, 5.41) is 1.26. The summed E-state index contributed by atoms with van der Waals surface area (Å²) >= 11 is 6.07. The molecule has 2 aromatic rings. The van der Waals surface area contributed by atoms with Crippen molar-refractivity contribution in [2.75, 3.05) is 19.4 Å². The minimum Gasteiger partial charge on any atom is -0.497 e. The van der Waals surface area contributed by atoms with E-state index < -0.39 is 0 Å². The fourth-order valence-corrected chi connectivity index (χ4v) is 9.77. The zero-order valence-corrected chi connectivity index (χ0v) is 20.9. The molecule has 5 rings (SSSR count). The Labute approximate surface area is 204 Å². The highest BCUT2D eigenvalue weighted by atomic mass is 32.2. The topological polar surface area (TPSA) is 47.6 Å². The van der Waals surface area contributed by atoms with Crippen LogP contribution in [-0.2, 0) is 0 Å². The van der Waals surface area contributed by atoms with Gasteiger partial charge >= 0.3 is 0 Å². The second-order valence-electron chi connectivity index (χ2n) is 8.69. The molecule has 0 saturated heterocycles. The normalized spacial score (nSPS) is 29.7. The maximum Gasteiger partial charge on any atom is 0.154 e. The zero-order valence-electron chi connectivity index (χ0n) is 18.4. The van der Waals surface area contributed by atoms with Crippen LogP contribution in [0.4, 0.5) is 0 Å². The van der Waals surface area contributed by atoms with Crippen molar-refractivity contribution >= 4 is 45.4 Å².